The molecular weight excluding hydrogens is 527 g/mol. The maximum Gasteiger partial charge on any atom is 4.00 e. The molecule has 0 fully saturated rings. The number of allylic oxidation sites excluding steroid dienone is 8. The summed E-state index contributed by atoms with van der Waals surface area (Å²) in [5, 5.41) is 4.38. The predicted molar refractivity (Wildman–Crippen MR) is 128 cm³/mol. The van der Waals surface area contributed by atoms with E-state index in [1.165, 1.54) is 45.1 Å². The quantitative estimate of drug-likeness (QED) is 0.359. The molecule has 0 N–H and O–H groups in total. The molecule has 2 aromatic rings. The minimum atomic E-state index is -0.919. The zero-order valence-corrected chi connectivity index (χ0v) is 24.4. The van der Waals surface area contributed by atoms with E-state index in [0.717, 1.165) is 12.8 Å². The second-order valence-corrected chi connectivity index (χ2v) is 9.93. The van der Waals surface area contributed by atoms with Gasteiger partial charge in [-0.3, -0.25) is 12.2 Å². The molecule has 165 valence electrons. The minimum Gasteiger partial charge on any atom is -1.00 e. The fourth-order valence-electron chi connectivity index (χ4n) is 3.94. The first-order valence-corrected chi connectivity index (χ1v) is 12.2. The summed E-state index contributed by atoms with van der Waals surface area (Å²) in [4.78, 5) is 0. The molecule has 0 saturated heterocycles. The van der Waals surface area contributed by atoms with Crippen LogP contribution in [-0.2, 0) is 26.2 Å². The maximum absolute atomic E-state index is 3.56. The number of rotatable bonds is 5. The summed E-state index contributed by atoms with van der Waals surface area (Å²) < 4.78 is 0. The third-order valence-electron chi connectivity index (χ3n) is 5.65. The molecule has 0 amide bonds. The Balaban J connectivity index is 0.000000690. The van der Waals surface area contributed by atoms with Crippen molar-refractivity contribution < 1.29 is 51.0 Å². The van der Waals surface area contributed by atoms with Crippen LogP contribution < -0.4 is 35.2 Å². The Kier molecular flexibility index (Phi) is 15.4. The first-order valence-electron chi connectivity index (χ1n) is 10.7. The van der Waals surface area contributed by atoms with Crippen LogP contribution in [0, 0.1) is 26.0 Å². The molecule has 0 atom stereocenters. The van der Waals surface area contributed by atoms with Crippen LogP contribution in [0.3, 0.4) is 0 Å². The van der Waals surface area contributed by atoms with Gasteiger partial charge in [0.15, 0.2) is 0 Å². The van der Waals surface area contributed by atoms with E-state index in [1.807, 2.05) is 0 Å². The van der Waals surface area contributed by atoms with Crippen molar-refractivity contribution in [2.75, 3.05) is 0 Å². The minimum absolute atomic E-state index is 0. The Morgan fingerprint density at radius 3 is 1.81 bits per heavy atom. The molecule has 0 nitrogen and oxygen atoms in total. The third kappa shape index (κ3) is 7.84. The second-order valence-electron chi connectivity index (χ2n) is 7.56. The van der Waals surface area contributed by atoms with Crippen molar-refractivity contribution in [3.05, 3.63) is 106 Å². The van der Waals surface area contributed by atoms with Crippen LogP contribution >= 0.6 is 0 Å². The largest absolute Gasteiger partial charge is 4.00 e. The van der Waals surface area contributed by atoms with Gasteiger partial charge >= 0.3 is 26.2 Å². The van der Waals surface area contributed by atoms with E-state index in [1.54, 1.807) is 5.57 Å². The number of hydrogen-bond acceptors (Lipinski definition) is 0. The molecule has 1 radical (unpaired) electrons. The van der Waals surface area contributed by atoms with Crippen molar-refractivity contribution in [1.82, 2.24) is 0 Å². The monoisotopic (exact) mass is 555 g/mol. The Labute approximate surface area is 228 Å². The fraction of sp³-hybridized carbons (Fsp3) is 0.286. The molecule has 0 aromatic heterocycles. The summed E-state index contributed by atoms with van der Waals surface area (Å²) in [5.74, 6) is 0. The standard InChI is InChI=1S/C19H18Si.C9H13.2ClH.Zr/c1-15-9-3-7-13-18(15)20(17-11-5-6-12-17)19-14-8-4-10-16(19)2;1-3-8-6-5-7-9(8)4-2;;;/h3-5,7-11,13-14H,6H2,1-2H3;6H,3-4,7H2,1-2H3;2*1H;/q2*-1;;;+4/p-2. The van der Waals surface area contributed by atoms with Crippen LogP contribution in [0.5, 0.6) is 0 Å². The van der Waals surface area contributed by atoms with Crippen LogP contribution in [0.25, 0.3) is 0 Å². The van der Waals surface area contributed by atoms with Crippen molar-refractivity contribution in [3.8, 4) is 0 Å². The van der Waals surface area contributed by atoms with Gasteiger partial charge in [-0.25, -0.2) is 17.3 Å². The van der Waals surface area contributed by atoms with E-state index in [2.05, 4.69) is 107 Å². The van der Waals surface area contributed by atoms with Crippen LogP contribution in [0.4, 0.5) is 0 Å². The summed E-state index contributed by atoms with van der Waals surface area (Å²) in [7, 11) is -0.919. The molecule has 32 heavy (non-hydrogen) atoms. The van der Waals surface area contributed by atoms with Crippen molar-refractivity contribution >= 4 is 19.2 Å². The van der Waals surface area contributed by atoms with Gasteiger partial charge in [0.05, 0.1) is 0 Å². The molecule has 4 heteroatoms. The van der Waals surface area contributed by atoms with Gasteiger partial charge in [0.25, 0.3) is 0 Å². The molecule has 0 heterocycles. The van der Waals surface area contributed by atoms with E-state index in [-0.39, 0.29) is 51.0 Å². The van der Waals surface area contributed by atoms with Crippen LogP contribution in [-0.4, -0.2) is 8.80 Å². The van der Waals surface area contributed by atoms with Gasteiger partial charge in [0.2, 0.25) is 0 Å². The number of benzene rings is 2. The molecular formula is C28H31Cl2SiZr. The van der Waals surface area contributed by atoms with Gasteiger partial charge in [0.1, 0.15) is 8.80 Å². The number of halogens is 2. The third-order valence-corrected chi connectivity index (χ3v) is 8.73. The molecule has 2 aliphatic carbocycles. The van der Waals surface area contributed by atoms with Crippen molar-refractivity contribution in [2.24, 2.45) is 0 Å². The number of aryl methyl sites for hydroxylation is 2. The summed E-state index contributed by atoms with van der Waals surface area (Å²) in [6.45, 7) is 8.86. The van der Waals surface area contributed by atoms with Gasteiger partial charge in [-0.1, -0.05) is 96.7 Å². The summed E-state index contributed by atoms with van der Waals surface area (Å²) in [6.07, 6.45) is 17.8. The van der Waals surface area contributed by atoms with Crippen molar-refractivity contribution in [3.63, 3.8) is 0 Å². The van der Waals surface area contributed by atoms with E-state index in [9.17, 15) is 0 Å². The summed E-state index contributed by atoms with van der Waals surface area (Å²) in [6, 6.07) is 17.6. The van der Waals surface area contributed by atoms with Crippen LogP contribution in [0.2, 0.25) is 0 Å². The van der Waals surface area contributed by atoms with Crippen LogP contribution in [0.15, 0.2) is 83.1 Å². The maximum atomic E-state index is 3.56. The molecule has 2 aromatic carbocycles. The normalized spacial score (nSPS) is 13.6. The molecule has 0 spiro atoms. The van der Waals surface area contributed by atoms with Gasteiger partial charge in [-0.15, -0.1) is 12.8 Å². The Bertz CT molecular complexity index is 927. The first-order chi connectivity index (χ1) is 14.2. The Hall–Kier alpha value is -0.920. The first kappa shape index (κ1) is 31.1. The van der Waals surface area contributed by atoms with Crippen molar-refractivity contribution in [2.45, 2.75) is 53.4 Å². The van der Waals surface area contributed by atoms with Gasteiger partial charge in [-0.05, 0) is 13.8 Å². The van der Waals surface area contributed by atoms with Gasteiger partial charge in [-0.2, -0.15) is 17.2 Å². The van der Waals surface area contributed by atoms with E-state index in [0.29, 0.717) is 0 Å². The molecule has 0 unspecified atom stereocenters. The SMILES string of the molecule is CCC1=C(CC)C[C-]=C1.Cc1ccccc1[Si](C1=[C-]CC=C1)c1ccccc1C.[Cl-].[Cl-].[Zr+4]. The fourth-order valence-corrected chi connectivity index (χ4v) is 6.85. The smallest absolute Gasteiger partial charge is 1.00 e. The molecule has 2 aliphatic rings. The average molecular weight is 558 g/mol. The molecule has 0 aliphatic heterocycles. The second kappa shape index (κ2) is 15.8. The Morgan fingerprint density at radius 2 is 1.41 bits per heavy atom. The zero-order valence-electron chi connectivity index (χ0n) is 19.4. The summed E-state index contributed by atoms with van der Waals surface area (Å²) in [5.41, 5.74) is 5.87. The van der Waals surface area contributed by atoms with Crippen molar-refractivity contribution in [1.29, 1.82) is 0 Å². The summed E-state index contributed by atoms with van der Waals surface area (Å²) >= 11 is 0. The molecule has 0 saturated carbocycles. The average Bonchev–Trinajstić information content (AvgIpc) is 3.43. The zero-order chi connectivity index (χ0) is 20.6. The predicted octanol–water partition coefficient (Wildman–Crippen LogP) is 0.0127. The van der Waals surface area contributed by atoms with E-state index >= 15 is 0 Å². The Morgan fingerprint density at radius 1 is 0.844 bits per heavy atom. The van der Waals surface area contributed by atoms with Crippen LogP contribution in [0.1, 0.15) is 50.7 Å². The number of hydrogen-bond donors (Lipinski definition) is 0. The molecule has 4 rings (SSSR count). The topological polar surface area (TPSA) is 0 Å². The van der Waals surface area contributed by atoms with Gasteiger partial charge in [0, 0.05) is 0 Å². The van der Waals surface area contributed by atoms with Gasteiger partial charge < -0.3 is 24.8 Å². The van der Waals surface area contributed by atoms with E-state index < -0.39 is 8.80 Å². The molecule has 0 bridgehead atoms. The van der Waals surface area contributed by atoms with E-state index in [4.69, 9.17) is 0 Å².